The second-order valence-electron chi connectivity index (χ2n) is 6.20. The normalized spacial score (nSPS) is 18.4. The van der Waals surface area contributed by atoms with Crippen LogP contribution in [0.2, 0.25) is 0 Å². The highest BCUT2D eigenvalue weighted by Gasteiger charge is 2.24. The smallest absolute Gasteiger partial charge is 0.0234 e. The average Bonchev–Trinajstić information content (AvgIpc) is 2.53. The lowest BCUT2D eigenvalue weighted by Gasteiger charge is -2.33. The summed E-state index contributed by atoms with van der Waals surface area (Å²) in [7, 11) is 2.21. The second-order valence-corrected chi connectivity index (χ2v) is 7.11. The molecule has 1 nitrogen and oxygen atoms in total. The van der Waals surface area contributed by atoms with Crippen LogP contribution in [0.25, 0.3) is 10.8 Å². The largest absolute Gasteiger partial charge is 0.301 e. The molecule has 0 saturated heterocycles. The Morgan fingerprint density at radius 2 is 1.77 bits per heavy atom. The molecule has 1 aliphatic heterocycles. The van der Waals surface area contributed by atoms with Crippen molar-refractivity contribution in [2.75, 3.05) is 13.6 Å². The molecule has 0 aromatic heterocycles. The van der Waals surface area contributed by atoms with E-state index in [1.165, 1.54) is 31.9 Å². The molecule has 0 fully saturated rings. The molecule has 2 heteroatoms. The Labute approximate surface area is 139 Å². The van der Waals surface area contributed by atoms with Gasteiger partial charge in [0.25, 0.3) is 0 Å². The molecule has 3 aromatic carbocycles. The fraction of sp³-hybridized carbons (Fsp3) is 0.200. The van der Waals surface area contributed by atoms with Crippen LogP contribution in [0.4, 0.5) is 0 Å². The van der Waals surface area contributed by atoms with E-state index < -0.39 is 0 Å². The molecule has 4 rings (SSSR count). The number of halogens is 1. The summed E-state index contributed by atoms with van der Waals surface area (Å²) >= 11 is 3.60. The molecular formula is C20H18BrN. The van der Waals surface area contributed by atoms with Crippen LogP contribution >= 0.6 is 15.9 Å². The van der Waals surface area contributed by atoms with Gasteiger partial charge < -0.3 is 4.90 Å². The van der Waals surface area contributed by atoms with E-state index in [9.17, 15) is 0 Å². The molecule has 0 amide bonds. The monoisotopic (exact) mass is 351 g/mol. The first-order valence-corrected chi connectivity index (χ1v) is 8.45. The van der Waals surface area contributed by atoms with Crippen molar-refractivity contribution in [3.8, 4) is 0 Å². The molecule has 0 unspecified atom stereocenters. The minimum absolute atomic E-state index is 0.450. The number of rotatable bonds is 1. The Bertz CT molecular complexity index is 840. The highest BCUT2D eigenvalue weighted by Crippen LogP contribution is 2.35. The highest BCUT2D eigenvalue weighted by molar-refractivity contribution is 9.10. The van der Waals surface area contributed by atoms with Crippen molar-refractivity contribution in [1.82, 2.24) is 4.90 Å². The lowest BCUT2D eigenvalue weighted by Crippen LogP contribution is -2.30. The molecule has 0 aliphatic carbocycles. The molecular weight excluding hydrogens is 334 g/mol. The van der Waals surface area contributed by atoms with E-state index in [2.05, 4.69) is 88.5 Å². The first kappa shape index (κ1) is 14.0. The maximum Gasteiger partial charge on any atom is 0.0234 e. The first-order chi connectivity index (χ1) is 10.7. The molecule has 0 bridgehead atoms. The molecule has 0 N–H and O–H groups in total. The van der Waals surface area contributed by atoms with Gasteiger partial charge in [-0.05, 0) is 46.6 Å². The number of hydrogen-bond donors (Lipinski definition) is 0. The van der Waals surface area contributed by atoms with E-state index in [1.54, 1.807) is 0 Å². The van der Waals surface area contributed by atoms with Gasteiger partial charge in [-0.3, -0.25) is 0 Å². The predicted octanol–water partition coefficient (Wildman–Crippen LogP) is 5.18. The third kappa shape index (κ3) is 2.47. The summed E-state index contributed by atoms with van der Waals surface area (Å²) in [6, 6.07) is 22.2. The summed E-state index contributed by atoms with van der Waals surface area (Å²) in [5, 5.41) is 2.64. The Hall–Kier alpha value is -1.64. The Morgan fingerprint density at radius 1 is 0.955 bits per heavy atom. The van der Waals surface area contributed by atoms with E-state index >= 15 is 0 Å². The van der Waals surface area contributed by atoms with Crippen molar-refractivity contribution >= 4 is 26.7 Å². The zero-order valence-corrected chi connectivity index (χ0v) is 14.2. The van der Waals surface area contributed by atoms with Crippen LogP contribution in [0.5, 0.6) is 0 Å². The van der Waals surface area contributed by atoms with Crippen molar-refractivity contribution in [3.63, 3.8) is 0 Å². The Balaban J connectivity index is 1.84. The van der Waals surface area contributed by atoms with Crippen molar-refractivity contribution in [3.05, 3.63) is 81.8 Å². The van der Waals surface area contributed by atoms with Crippen LogP contribution in [0.3, 0.4) is 0 Å². The van der Waals surface area contributed by atoms with Crippen LogP contribution in [-0.4, -0.2) is 18.5 Å². The summed E-state index contributed by atoms with van der Waals surface area (Å²) in [5.41, 5.74) is 4.31. The molecule has 110 valence electrons. The van der Waals surface area contributed by atoms with Crippen molar-refractivity contribution in [1.29, 1.82) is 0 Å². The van der Waals surface area contributed by atoms with Gasteiger partial charge in [0, 0.05) is 23.5 Å². The molecule has 0 radical (unpaired) electrons. The van der Waals surface area contributed by atoms with Gasteiger partial charge in [-0.25, -0.2) is 0 Å². The van der Waals surface area contributed by atoms with Crippen molar-refractivity contribution in [2.45, 2.75) is 12.5 Å². The number of hydrogen-bond acceptors (Lipinski definition) is 1. The van der Waals surface area contributed by atoms with Crippen LogP contribution in [0.15, 0.2) is 65.1 Å². The zero-order valence-electron chi connectivity index (χ0n) is 12.6. The highest BCUT2D eigenvalue weighted by atomic mass is 79.9. The quantitative estimate of drug-likeness (QED) is 0.583. The molecule has 22 heavy (non-hydrogen) atoms. The van der Waals surface area contributed by atoms with E-state index in [4.69, 9.17) is 0 Å². The summed E-state index contributed by atoms with van der Waals surface area (Å²) in [6.45, 7) is 2.10. The van der Waals surface area contributed by atoms with Gasteiger partial charge in [0.05, 0.1) is 0 Å². The molecule has 1 heterocycles. The molecule has 1 atom stereocenters. The van der Waals surface area contributed by atoms with E-state index in [0.29, 0.717) is 5.92 Å². The standard InChI is InChI=1S/C20H18BrN/c1-22-12-17-11-18(21)8-9-19(17)20(13-22)16-7-6-14-4-2-3-5-15(14)10-16/h2-11,20H,12-13H2,1H3/t20-/m1/s1. The number of benzene rings is 3. The summed E-state index contributed by atoms with van der Waals surface area (Å²) in [6.07, 6.45) is 0. The van der Waals surface area contributed by atoms with Crippen molar-refractivity contribution < 1.29 is 0 Å². The van der Waals surface area contributed by atoms with Gasteiger partial charge in [0.1, 0.15) is 0 Å². The van der Waals surface area contributed by atoms with Gasteiger partial charge >= 0.3 is 0 Å². The Kier molecular flexibility index (Phi) is 3.51. The minimum atomic E-state index is 0.450. The zero-order chi connectivity index (χ0) is 15.1. The van der Waals surface area contributed by atoms with Crippen LogP contribution in [0.1, 0.15) is 22.6 Å². The van der Waals surface area contributed by atoms with Gasteiger partial charge in [-0.15, -0.1) is 0 Å². The molecule has 1 aliphatic rings. The third-order valence-electron chi connectivity index (χ3n) is 4.59. The lowest BCUT2D eigenvalue weighted by atomic mass is 9.84. The summed E-state index contributed by atoms with van der Waals surface area (Å²) in [4.78, 5) is 2.41. The maximum absolute atomic E-state index is 3.60. The lowest BCUT2D eigenvalue weighted by molar-refractivity contribution is 0.295. The molecule has 0 spiro atoms. The van der Waals surface area contributed by atoms with Crippen LogP contribution in [-0.2, 0) is 6.54 Å². The summed E-state index contributed by atoms with van der Waals surface area (Å²) < 4.78 is 1.17. The van der Waals surface area contributed by atoms with E-state index in [0.717, 1.165) is 13.1 Å². The van der Waals surface area contributed by atoms with Crippen LogP contribution < -0.4 is 0 Å². The predicted molar refractivity (Wildman–Crippen MR) is 96.3 cm³/mol. The average molecular weight is 352 g/mol. The SMILES string of the molecule is CN1Cc2cc(Br)ccc2[C@@H](c2ccc3ccccc3c2)C1. The number of likely N-dealkylation sites (N-methyl/N-ethyl adjacent to an activating group) is 1. The molecule has 3 aromatic rings. The number of nitrogens with zero attached hydrogens (tertiary/aromatic N) is 1. The number of fused-ring (bicyclic) bond motifs is 2. The maximum atomic E-state index is 3.60. The second kappa shape index (κ2) is 5.53. The van der Waals surface area contributed by atoms with Crippen molar-refractivity contribution in [2.24, 2.45) is 0 Å². The van der Waals surface area contributed by atoms with Gasteiger partial charge in [0.15, 0.2) is 0 Å². The van der Waals surface area contributed by atoms with E-state index in [1.807, 2.05) is 0 Å². The third-order valence-corrected chi connectivity index (χ3v) is 5.08. The summed E-state index contributed by atoms with van der Waals surface area (Å²) in [5.74, 6) is 0.450. The Morgan fingerprint density at radius 3 is 2.64 bits per heavy atom. The van der Waals surface area contributed by atoms with Gasteiger partial charge in [-0.1, -0.05) is 64.5 Å². The van der Waals surface area contributed by atoms with Gasteiger partial charge in [0.2, 0.25) is 0 Å². The van der Waals surface area contributed by atoms with E-state index in [-0.39, 0.29) is 0 Å². The topological polar surface area (TPSA) is 3.24 Å². The van der Waals surface area contributed by atoms with Crippen LogP contribution in [0, 0.1) is 0 Å². The van der Waals surface area contributed by atoms with Gasteiger partial charge in [-0.2, -0.15) is 0 Å². The minimum Gasteiger partial charge on any atom is -0.301 e. The first-order valence-electron chi connectivity index (χ1n) is 7.66. The fourth-order valence-corrected chi connectivity index (χ4v) is 3.93. The molecule has 0 saturated carbocycles. The fourth-order valence-electron chi connectivity index (χ4n) is 3.53.